The minimum Gasteiger partial charge on any atom is -0.465 e. The number of ether oxygens (including phenoxy) is 1. The Kier molecular flexibility index (Phi) is 6.26. The number of esters is 1. The molecule has 32 heavy (non-hydrogen) atoms. The molecule has 1 unspecified atom stereocenters. The van der Waals surface area contributed by atoms with Crippen LogP contribution in [0.25, 0.3) is 0 Å². The van der Waals surface area contributed by atoms with Gasteiger partial charge in [-0.3, -0.25) is 4.79 Å². The molecule has 1 spiro atoms. The Balaban J connectivity index is 1.47. The van der Waals surface area contributed by atoms with Crippen LogP contribution in [0.2, 0.25) is 0 Å². The number of rotatable bonds is 5. The highest BCUT2D eigenvalue weighted by Crippen LogP contribution is 2.69. The first-order valence-electron chi connectivity index (χ1n) is 12.8. The summed E-state index contributed by atoms with van der Waals surface area (Å²) in [7, 11) is 4.09. The van der Waals surface area contributed by atoms with Gasteiger partial charge < -0.3 is 14.9 Å². The van der Waals surface area contributed by atoms with E-state index in [4.69, 9.17) is 4.74 Å². The van der Waals surface area contributed by atoms with Crippen molar-refractivity contribution in [1.29, 1.82) is 0 Å². The number of aliphatic hydroxyl groups is 2. The number of carbonyl (C=O) groups excluding carboxylic acids is 1. The summed E-state index contributed by atoms with van der Waals surface area (Å²) in [6.45, 7) is 4.59. The van der Waals surface area contributed by atoms with E-state index in [0.29, 0.717) is 35.5 Å². The van der Waals surface area contributed by atoms with Crippen LogP contribution in [0.4, 0.5) is 0 Å². The zero-order valence-corrected chi connectivity index (χ0v) is 21.4. The van der Waals surface area contributed by atoms with Crippen molar-refractivity contribution in [3.05, 3.63) is 11.6 Å². The summed E-state index contributed by atoms with van der Waals surface area (Å²) < 4.78 is 6.10. The molecule has 0 aromatic heterocycles. The summed E-state index contributed by atoms with van der Waals surface area (Å²) in [6, 6.07) is 0. The Labute approximate surface area is 201 Å². The maximum Gasteiger partial charge on any atom is 0.302 e. The highest BCUT2D eigenvalue weighted by molar-refractivity contribution is 8.77. The lowest BCUT2D eigenvalue weighted by atomic mass is 9.45. The van der Waals surface area contributed by atoms with Crippen molar-refractivity contribution < 1.29 is 19.7 Å². The van der Waals surface area contributed by atoms with Crippen LogP contribution < -0.4 is 0 Å². The fourth-order valence-corrected chi connectivity index (χ4v) is 11.9. The van der Waals surface area contributed by atoms with Gasteiger partial charge in [0.15, 0.2) is 0 Å². The van der Waals surface area contributed by atoms with E-state index in [-0.39, 0.29) is 23.4 Å². The lowest BCUT2D eigenvalue weighted by Crippen LogP contribution is -2.57. The van der Waals surface area contributed by atoms with E-state index in [1.807, 2.05) is 10.8 Å². The largest absolute Gasteiger partial charge is 0.465 e. The first-order chi connectivity index (χ1) is 15.3. The Morgan fingerprint density at radius 2 is 1.97 bits per heavy atom. The maximum absolute atomic E-state index is 11.9. The molecule has 4 fully saturated rings. The van der Waals surface area contributed by atoms with Gasteiger partial charge in [-0.15, -0.1) is 0 Å². The summed E-state index contributed by atoms with van der Waals surface area (Å²) in [4.78, 5) is 11.9. The van der Waals surface area contributed by atoms with Crippen molar-refractivity contribution in [2.45, 2.75) is 94.8 Å². The summed E-state index contributed by atoms with van der Waals surface area (Å²) >= 11 is 0. The van der Waals surface area contributed by atoms with E-state index >= 15 is 0 Å². The second kappa shape index (κ2) is 8.49. The first-order valence-corrected chi connectivity index (χ1v) is 15.1. The Hall–Kier alpha value is -0.170. The zero-order valence-electron chi connectivity index (χ0n) is 19.7. The fraction of sp³-hybridized carbons (Fsp3) is 0.885. The molecule has 4 aliphatic carbocycles. The van der Waals surface area contributed by atoms with Gasteiger partial charge >= 0.3 is 5.97 Å². The van der Waals surface area contributed by atoms with Crippen molar-refractivity contribution in [2.75, 3.05) is 19.0 Å². The number of hydrogen-bond donors (Lipinski definition) is 2. The van der Waals surface area contributed by atoms with Crippen LogP contribution in [0.1, 0.15) is 84.5 Å². The second-order valence-electron chi connectivity index (χ2n) is 11.6. The number of carbonyl (C=O) groups is 1. The van der Waals surface area contributed by atoms with Crippen molar-refractivity contribution in [2.24, 2.45) is 28.6 Å². The van der Waals surface area contributed by atoms with Gasteiger partial charge in [0.05, 0.1) is 5.60 Å². The second-order valence-corrected chi connectivity index (χ2v) is 14.4. The molecule has 0 aromatic carbocycles. The summed E-state index contributed by atoms with van der Waals surface area (Å²) in [5, 5.41) is 21.1. The maximum atomic E-state index is 11.9. The summed E-state index contributed by atoms with van der Waals surface area (Å²) in [6.07, 6.45) is 14.1. The third kappa shape index (κ3) is 3.53. The molecule has 1 saturated heterocycles. The predicted molar refractivity (Wildman–Crippen MR) is 131 cm³/mol. The minimum absolute atomic E-state index is 0.000781. The monoisotopic (exact) mass is 480 g/mol. The van der Waals surface area contributed by atoms with Crippen molar-refractivity contribution in [3.8, 4) is 0 Å². The van der Waals surface area contributed by atoms with Crippen LogP contribution in [-0.2, 0) is 9.53 Å². The smallest absolute Gasteiger partial charge is 0.302 e. The molecule has 0 aromatic rings. The van der Waals surface area contributed by atoms with Crippen LogP contribution in [0, 0.1) is 28.6 Å². The average molecular weight is 481 g/mol. The Morgan fingerprint density at radius 1 is 1.16 bits per heavy atom. The fourth-order valence-electron chi connectivity index (χ4n) is 8.64. The van der Waals surface area contributed by atoms with E-state index in [9.17, 15) is 15.0 Å². The Bertz CT molecular complexity index is 778. The zero-order chi connectivity index (χ0) is 22.6. The lowest BCUT2D eigenvalue weighted by Gasteiger charge is -2.60. The van der Waals surface area contributed by atoms with E-state index < -0.39 is 5.60 Å². The number of fused-ring (bicyclic) bond motifs is 5. The van der Waals surface area contributed by atoms with Gasteiger partial charge in [-0.05, 0) is 93.8 Å². The quantitative estimate of drug-likeness (QED) is 0.307. The Morgan fingerprint density at radius 3 is 2.69 bits per heavy atom. The van der Waals surface area contributed by atoms with Gasteiger partial charge in [0, 0.05) is 29.4 Å². The molecule has 6 heteroatoms. The van der Waals surface area contributed by atoms with Gasteiger partial charge in [-0.2, -0.15) is 0 Å². The molecule has 7 atom stereocenters. The molecular weight excluding hydrogens is 440 g/mol. The predicted octanol–water partition coefficient (Wildman–Crippen LogP) is 5.52. The van der Waals surface area contributed by atoms with Gasteiger partial charge in [0.2, 0.25) is 0 Å². The SMILES string of the molecule is CC(=O)OC[C@]12CCC3(C=C1CC[C@@H]1[C@@H]2CC[C@@]2(C)[C@H]1CC[C@@]2(O)CCCO)CCSS3. The van der Waals surface area contributed by atoms with E-state index in [2.05, 4.69) is 23.8 Å². The standard InChI is InChI=1S/C26H40O4S2/c1-18(28)30-17-25-12-11-24(13-15-31-32-24)16-19(25)4-5-20-21-7-10-26(29,8-3-14-27)23(21,2)9-6-22(20)25/h16,20-22,27,29H,3-15,17H2,1-2H3/t20-,21-,22-,23-,24?,25+,26-/m0/s1. The lowest BCUT2D eigenvalue weighted by molar-refractivity contribution is -0.156. The number of hydrogen-bond acceptors (Lipinski definition) is 6. The summed E-state index contributed by atoms with van der Waals surface area (Å²) in [5.41, 5.74) is 0.888. The number of aliphatic hydroxyl groups excluding tert-OH is 1. The topological polar surface area (TPSA) is 66.8 Å². The van der Waals surface area contributed by atoms with Gasteiger partial charge in [-0.25, -0.2) is 0 Å². The van der Waals surface area contributed by atoms with Crippen LogP contribution in [0.5, 0.6) is 0 Å². The van der Waals surface area contributed by atoms with Gasteiger partial charge in [-0.1, -0.05) is 40.2 Å². The molecule has 1 heterocycles. The summed E-state index contributed by atoms with van der Waals surface area (Å²) in [5.74, 6) is 2.77. The van der Waals surface area contributed by atoms with Crippen LogP contribution in [-0.4, -0.2) is 45.5 Å². The molecule has 5 rings (SSSR count). The molecule has 180 valence electrons. The highest BCUT2D eigenvalue weighted by atomic mass is 33.1. The molecule has 0 amide bonds. The first kappa shape index (κ1) is 23.6. The van der Waals surface area contributed by atoms with Crippen molar-refractivity contribution in [3.63, 3.8) is 0 Å². The molecule has 1 aliphatic heterocycles. The third-order valence-corrected chi connectivity index (χ3v) is 13.6. The van der Waals surface area contributed by atoms with E-state index in [0.717, 1.165) is 44.9 Å². The van der Waals surface area contributed by atoms with Crippen LogP contribution in [0.3, 0.4) is 0 Å². The van der Waals surface area contributed by atoms with Crippen molar-refractivity contribution in [1.82, 2.24) is 0 Å². The van der Waals surface area contributed by atoms with E-state index in [1.165, 1.54) is 25.0 Å². The molecule has 0 radical (unpaired) electrons. The molecule has 5 aliphatic rings. The van der Waals surface area contributed by atoms with Crippen molar-refractivity contribution >= 4 is 27.6 Å². The van der Waals surface area contributed by atoms with E-state index in [1.54, 1.807) is 12.5 Å². The van der Waals surface area contributed by atoms with Gasteiger partial charge in [0.1, 0.15) is 6.61 Å². The minimum atomic E-state index is -0.640. The molecule has 3 saturated carbocycles. The van der Waals surface area contributed by atoms with Crippen LogP contribution >= 0.6 is 21.6 Å². The molecule has 4 nitrogen and oxygen atoms in total. The van der Waals surface area contributed by atoms with Crippen LogP contribution in [0.15, 0.2) is 11.6 Å². The molecule has 0 bridgehead atoms. The van der Waals surface area contributed by atoms with Gasteiger partial charge in [0.25, 0.3) is 0 Å². The highest BCUT2D eigenvalue weighted by Gasteiger charge is 2.65. The average Bonchev–Trinajstić information content (AvgIpc) is 3.33. The molecule has 2 N–H and O–H groups in total. The normalized spacial score (nSPS) is 47.5. The molecular formula is C26H40O4S2. The third-order valence-electron chi connectivity index (χ3n) is 10.4.